The fourth-order valence-corrected chi connectivity index (χ4v) is 2.18. The van der Waals surface area contributed by atoms with E-state index in [1.54, 1.807) is 12.1 Å². The van der Waals surface area contributed by atoms with E-state index in [0.29, 0.717) is 5.82 Å². The molecular formula is C17H20N2O2. The average molecular weight is 284 g/mol. The molecule has 0 aliphatic rings. The lowest BCUT2D eigenvalue weighted by molar-refractivity contribution is 0.0696. The van der Waals surface area contributed by atoms with Crippen molar-refractivity contribution in [2.45, 2.75) is 26.7 Å². The number of carbonyl (C=O) groups is 1. The van der Waals surface area contributed by atoms with Crippen LogP contribution in [0.4, 0.5) is 11.5 Å². The zero-order valence-electron chi connectivity index (χ0n) is 12.6. The minimum Gasteiger partial charge on any atom is -0.478 e. The molecule has 0 radical (unpaired) electrons. The van der Waals surface area contributed by atoms with Crippen molar-refractivity contribution in [1.29, 1.82) is 0 Å². The molecule has 110 valence electrons. The van der Waals surface area contributed by atoms with Crippen LogP contribution in [0.5, 0.6) is 0 Å². The number of carboxylic acid groups (broad SMARTS) is 1. The lowest BCUT2D eigenvalue weighted by Crippen LogP contribution is -2.19. The van der Waals surface area contributed by atoms with Gasteiger partial charge in [-0.15, -0.1) is 0 Å². The van der Waals surface area contributed by atoms with Gasteiger partial charge in [0.1, 0.15) is 5.82 Å². The van der Waals surface area contributed by atoms with Gasteiger partial charge in [-0.1, -0.05) is 32.0 Å². The van der Waals surface area contributed by atoms with E-state index in [1.165, 1.54) is 0 Å². The molecule has 4 heteroatoms. The lowest BCUT2D eigenvalue weighted by atomic mass is 10.1. The molecule has 0 bridgehead atoms. The van der Waals surface area contributed by atoms with E-state index in [1.807, 2.05) is 56.0 Å². The summed E-state index contributed by atoms with van der Waals surface area (Å²) in [5, 5.41) is 9.29. The van der Waals surface area contributed by atoms with Crippen molar-refractivity contribution < 1.29 is 9.90 Å². The Labute approximate surface area is 125 Å². The van der Waals surface area contributed by atoms with Gasteiger partial charge < -0.3 is 10.0 Å². The van der Waals surface area contributed by atoms with E-state index in [9.17, 15) is 9.90 Å². The summed E-state index contributed by atoms with van der Waals surface area (Å²) in [5.74, 6) is -0.0745. The minimum atomic E-state index is -0.926. The van der Waals surface area contributed by atoms with Crippen molar-refractivity contribution >= 4 is 17.5 Å². The second-order valence-corrected chi connectivity index (χ2v) is 5.18. The Morgan fingerprint density at radius 2 is 1.90 bits per heavy atom. The monoisotopic (exact) mass is 284 g/mol. The van der Waals surface area contributed by atoms with Crippen molar-refractivity contribution in [3.05, 3.63) is 53.7 Å². The number of benzene rings is 1. The van der Waals surface area contributed by atoms with Crippen LogP contribution in [0.2, 0.25) is 0 Å². The summed E-state index contributed by atoms with van der Waals surface area (Å²) in [7, 11) is 0. The topological polar surface area (TPSA) is 53.4 Å². The zero-order valence-corrected chi connectivity index (χ0v) is 12.6. The van der Waals surface area contributed by atoms with Crippen LogP contribution in [-0.2, 0) is 0 Å². The lowest BCUT2D eigenvalue weighted by Gasteiger charge is -2.23. The summed E-state index contributed by atoms with van der Waals surface area (Å²) in [6.07, 6.45) is 0. The normalized spacial score (nSPS) is 10.7. The molecule has 0 atom stereocenters. The van der Waals surface area contributed by atoms with E-state index in [-0.39, 0.29) is 11.5 Å². The van der Waals surface area contributed by atoms with Gasteiger partial charge in [0.25, 0.3) is 0 Å². The Kier molecular flexibility index (Phi) is 4.58. The quantitative estimate of drug-likeness (QED) is 0.899. The molecule has 1 heterocycles. The summed E-state index contributed by atoms with van der Waals surface area (Å²) in [6.45, 7) is 6.77. The third kappa shape index (κ3) is 3.40. The first-order valence-electron chi connectivity index (χ1n) is 7.10. The first kappa shape index (κ1) is 15.0. The molecule has 0 amide bonds. The second-order valence-electron chi connectivity index (χ2n) is 5.18. The summed E-state index contributed by atoms with van der Waals surface area (Å²) in [4.78, 5) is 18.0. The maximum Gasteiger partial charge on any atom is 0.335 e. The Bertz CT molecular complexity index is 624. The van der Waals surface area contributed by atoms with Crippen LogP contribution in [0.3, 0.4) is 0 Å². The number of hydrogen-bond donors (Lipinski definition) is 1. The van der Waals surface area contributed by atoms with Gasteiger partial charge in [0.2, 0.25) is 0 Å². The highest BCUT2D eigenvalue weighted by molar-refractivity contribution is 5.89. The highest BCUT2D eigenvalue weighted by Crippen LogP contribution is 2.26. The van der Waals surface area contributed by atoms with E-state index < -0.39 is 5.97 Å². The van der Waals surface area contributed by atoms with Crippen molar-refractivity contribution in [3.8, 4) is 0 Å². The van der Waals surface area contributed by atoms with Crippen LogP contribution in [0, 0.1) is 0 Å². The standard InChI is InChI=1S/C17H20N2O2/c1-4-19(14-8-6-5-7-9-14)16-11-13(17(20)21)10-15(18-16)12(2)3/h5-12H,4H2,1-3H3,(H,20,21). The Hall–Kier alpha value is -2.36. The Morgan fingerprint density at radius 3 is 2.43 bits per heavy atom. The fraction of sp³-hybridized carbons (Fsp3) is 0.294. The number of carboxylic acids is 1. The van der Waals surface area contributed by atoms with Crippen LogP contribution in [0.25, 0.3) is 0 Å². The predicted octanol–water partition coefficient (Wildman–Crippen LogP) is 4.06. The summed E-state index contributed by atoms with van der Waals surface area (Å²) >= 11 is 0. The first-order chi connectivity index (χ1) is 10.0. The molecule has 1 aromatic carbocycles. The van der Waals surface area contributed by atoms with Crippen LogP contribution < -0.4 is 4.90 Å². The van der Waals surface area contributed by atoms with Crippen LogP contribution >= 0.6 is 0 Å². The molecular weight excluding hydrogens is 264 g/mol. The number of para-hydroxylation sites is 1. The van der Waals surface area contributed by atoms with Crippen molar-refractivity contribution in [2.75, 3.05) is 11.4 Å². The number of nitrogens with zero attached hydrogens (tertiary/aromatic N) is 2. The molecule has 21 heavy (non-hydrogen) atoms. The van der Waals surface area contributed by atoms with Gasteiger partial charge in [0.05, 0.1) is 5.56 Å². The van der Waals surface area contributed by atoms with Crippen molar-refractivity contribution in [2.24, 2.45) is 0 Å². The third-order valence-electron chi connectivity index (χ3n) is 3.33. The maximum atomic E-state index is 11.3. The number of anilines is 2. The summed E-state index contributed by atoms with van der Waals surface area (Å²) < 4.78 is 0. The zero-order chi connectivity index (χ0) is 15.4. The second kappa shape index (κ2) is 6.39. The molecule has 0 unspecified atom stereocenters. The van der Waals surface area contributed by atoms with E-state index in [4.69, 9.17) is 0 Å². The first-order valence-corrected chi connectivity index (χ1v) is 7.10. The van der Waals surface area contributed by atoms with Gasteiger partial charge in [0, 0.05) is 17.9 Å². The number of aromatic nitrogens is 1. The Balaban J connectivity index is 2.52. The van der Waals surface area contributed by atoms with E-state index in [2.05, 4.69) is 4.98 Å². The molecule has 0 aliphatic carbocycles. The van der Waals surface area contributed by atoms with E-state index in [0.717, 1.165) is 17.9 Å². The average Bonchev–Trinajstić information content (AvgIpc) is 2.48. The number of aromatic carboxylic acids is 1. The molecule has 1 N–H and O–H groups in total. The minimum absolute atomic E-state index is 0.178. The molecule has 0 spiro atoms. The number of rotatable bonds is 5. The highest BCUT2D eigenvalue weighted by atomic mass is 16.4. The molecule has 0 aliphatic heterocycles. The SMILES string of the molecule is CCN(c1ccccc1)c1cc(C(=O)O)cc(C(C)C)n1. The Morgan fingerprint density at radius 1 is 1.24 bits per heavy atom. The maximum absolute atomic E-state index is 11.3. The number of hydrogen-bond acceptors (Lipinski definition) is 3. The largest absolute Gasteiger partial charge is 0.478 e. The van der Waals surface area contributed by atoms with Gasteiger partial charge in [-0.3, -0.25) is 0 Å². The van der Waals surface area contributed by atoms with Gasteiger partial charge >= 0.3 is 5.97 Å². The molecule has 2 aromatic rings. The molecule has 0 fully saturated rings. The van der Waals surface area contributed by atoms with Crippen LogP contribution in [0.15, 0.2) is 42.5 Å². The van der Waals surface area contributed by atoms with Crippen LogP contribution in [-0.4, -0.2) is 22.6 Å². The predicted molar refractivity (Wildman–Crippen MR) is 84.4 cm³/mol. The van der Waals surface area contributed by atoms with Crippen LogP contribution in [0.1, 0.15) is 42.7 Å². The summed E-state index contributed by atoms with van der Waals surface area (Å²) in [5.41, 5.74) is 2.07. The molecule has 0 saturated carbocycles. The fourth-order valence-electron chi connectivity index (χ4n) is 2.18. The third-order valence-corrected chi connectivity index (χ3v) is 3.33. The van der Waals surface area contributed by atoms with Gasteiger partial charge in [0.15, 0.2) is 0 Å². The van der Waals surface area contributed by atoms with Gasteiger partial charge in [-0.2, -0.15) is 0 Å². The summed E-state index contributed by atoms with van der Waals surface area (Å²) in [6, 6.07) is 13.1. The molecule has 1 aromatic heterocycles. The molecule has 2 rings (SSSR count). The highest BCUT2D eigenvalue weighted by Gasteiger charge is 2.15. The molecule has 0 saturated heterocycles. The van der Waals surface area contributed by atoms with Gasteiger partial charge in [-0.05, 0) is 37.1 Å². The number of pyridine rings is 1. The van der Waals surface area contributed by atoms with Gasteiger partial charge in [-0.25, -0.2) is 9.78 Å². The molecule has 4 nitrogen and oxygen atoms in total. The smallest absolute Gasteiger partial charge is 0.335 e. The van der Waals surface area contributed by atoms with Crippen molar-refractivity contribution in [1.82, 2.24) is 4.98 Å². The van der Waals surface area contributed by atoms with Crippen molar-refractivity contribution in [3.63, 3.8) is 0 Å². The van der Waals surface area contributed by atoms with E-state index >= 15 is 0 Å².